The van der Waals surface area contributed by atoms with Gasteiger partial charge in [-0.15, -0.1) is 0 Å². The number of rotatable bonds is 13. The Labute approximate surface area is 227 Å². The third kappa shape index (κ3) is 10.4. The molecule has 1 aromatic rings. The van der Waals surface area contributed by atoms with E-state index in [9.17, 15) is 18.9 Å². The first kappa shape index (κ1) is 33.1. The molecule has 2 atom stereocenters. The molecule has 0 aliphatic heterocycles. The van der Waals surface area contributed by atoms with Crippen molar-refractivity contribution in [3.63, 3.8) is 0 Å². The maximum Gasteiger partial charge on any atom is 0.327 e. The summed E-state index contributed by atoms with van der Waals surface area (Å²) in [5.41, 5.74) is 2.57. The number of aromatic hydroxyl groups is 1. The van der Waals surface area contributed by atoms with E-state index in [4.69, 9.17) is 8.92 Å². The number of hydrogen-bond donors (Lipinski definition) is 1. The molecule has 0 aliphatic carbocycles. The van der Waals surface area contributed by atoms with Crippen LogP contribution < -0.4 is 0 Å². The van der Waals surface area contributed by atoms with Crippen molar-refractivity contribution in [3.05, 3.63) is 28.3 Å². The highest BCUT2D eigenvalue weighted by Gasteiger charge is 2.33. The zero-order valence-corrected chi connectivity index (χ0v) is 25.6. The molecule has 1 aromatic carbocycles. The van der Waals surface area contributed by atoms with Gasteiger partial charge in [-0.05, 0) is 53.2 Å². The molecule has 0 bridgehead atoms. The number of phenolic OH excluding ortho intramolecular Hbond substituents is 1. The van der Waals surface area contributed by atoms with Crippen LogP contribution >= 0.6 is 0 Å². The van der Waals surface area contributed by atoms with Crippen LogP contribution in [0.3, 0.4) is 0 Å². The number of unbranched alkanes of at least 4 members (excludes halogenated alkanes) is 2. The Morgan fingerprint density at radius 2 is 1.62 bits per heavy atom. The van der Waals surface area contributed by atoms with Gasteiger partial charge < -0.3 is 14.0 Å². The van der Waals surface area contributed by atoms with E-state index < -0.39 is 34.7 Å². The summed E-state index contributed by atoms with van der Waals surface area (Å²) < 4.78 is 22.8. The van der Waals surface area contributed by atoms with E-state index in [1.807, 2.05) is 47.6 Å². The van der Waals surface area contributed by atoms with Crippen molar-refractivity contribution in [2.24, 2.45) is 5.92 Å². The molecule has 6 nitrogen and oxygen atoms in total. The maximum atomic E-state index is 13.1. The van der Waals surface area contributed by atoms with Gasteiger partial charge in [0.15, 0.2) is 5.75 Å². The smallest absolute Gasteiger partial charge is 0.327 e. The van der Waals surface area contributed by atoms with Gasteiger partial charge >= 0.3 is 11.9 Å². The fourth-order valence-electron chi connectivity index (χ4n) is 4.49. The minimum absolute atomic E-state index is 0.267. The number of carbonyl (C=O) groups is 2. The first-order chi connectivity index (χ1) is 17.0. The minimum atomic E-state index is -2.12. The van der Waals surface area contributed by atoms with Crippen molar-refractivity contribution >= 4 is 23.0 Å². The third-order valence-electron chi connectivity index (χ3n) is 6.42. The predicted molar refractivity (Wildman–Crippen MR) is 151 cm³/mol. The lowest BCUT2D eigenvalue weighted by molar-refractivity contribution is -0.140. The molecule has 0 saturated carbocycles. The van der Waals surface area contributed by atoms with E-state index in [2.05, 4.69) is 20.8 Å². The number of carbonyl (C=O) groups excluding carboxylic acids is 2. The standard InChI is InChI=1S/C30H50O6S/c1-11-15-22-23(18-24(29(5,6)7)27(32)26(22)30(8,9)10)21(4)28(33)36-37(34)19-25(31)35-17-14-12-13-16-20(2)3/h18,20-21,32H,11-17,19H2,1-10H3. The second-order valence-electron chi connectivity index (χ2n) is 12.5. The molecule has 1 N–H and O–H groups in total. The zero-order valence-electron chi connectivity index (χ0n) is 24.8. The average molecular weight is 539 g/mol. The van der Waals surface area contributed by atoms with E-state index in [1.54, 1.807) is 6.92 Å². The van der Waals surface area contributed by atoms with Crippen LogP contribution in [0.4, 0.5) is 0 Å². The van der Waals surface area contributed by atoms with E-state index >= 15 is 0 Å². The molecule has 0 aliphatic rings. The summed E-state index contributed by atoms with van der Waals surface area (Å²) >= 11 is -2.12. The highest BCUT2D eigenvalue weighted by atomic mass is 32.2. The Kier molecular flexibility index (Phi) is 12.8. The SMILES string of the molecule is CCCc1c(C(C)C(=O)OS(=O)CC(=O)OCCCCCC(C)C)cc(C(C)(C)C)c(O)c1C(C)(C)C. The fraction of sp³-hybridized carbons (Fsp3) is 0.733. The molecule has 2 unspecified atom stereocenters. The predicted octanol–water partition coefficient (Wildman–Crippen LogP) is 7.01. The molecule has 37 heavy (non-hydrogen) atoms. The zero-order chi connectivity index (χ0) is 28.6. The van der Waals surface area contributed by atoms with Gasteiger partial charge in [0.1, 0.15) is 5.75 Å². The molecule has 0 aromatic heterocycles. The van der Waals surface area contributed by atoms with E-state index in [-0.39, 0.29) is 23.2 Å². The minimum Gasteiger partial charge on any atom is -0.507 e. The van der Waals surface area contributed by atoms with Crippen LogP contribution in [0.25, 0.3) is 0 Å². The number of phenols is 1. The summed E-state index contributed by atoms with van der Waals surface area (Å²) in [6.45, 7) is 20.6. The number of benzene rings is 1. The summed E-state index contributed by atoms with van der Waals surface area (Å²) in [4.78, 5) is 25.1. The van der Waals surface area contributed by atoms with Gasteiger partial charge in [-0.25, -0.2) is 4.21 Å². The lowest BCUT2D eigenvalue weighted by atomic mass is 9.73. The van der Waals surface area contributed by atoms with Crippen molar-refractivity contribution in [1.82, 2.24) is 0 Å². The van der Waals surface area contributed by atoms with Crippen LogP contribution in [0.5, 0.6) is 5.75 Å². The Balaban J connectivity index is 3.02. The summed E-state index contributed by atoms with van der Waals surface area (Å²) in [5, 5.41) is 11.3. The number of ether oxygens (including phenoxy) is 1. The topological polar surface area (TPSA) is 89.9 Å². The molecule has 0 saturated heterocycles. The van der Waals surface area contributed by atoms with Gasteiger partial charge in [0, 0.05) is 5.56 Å². The van der Waals surface area contributed by atoms with Gasteiger partial charge in [0.2, 0.25) is 11.1 Å². The van der Waals surface area contributed by atoms with Crippen LogP contribution in [-0.4, -0.2) is 33.6 Å². The lowest BCUT2D eigenvalue weighted by Gasteiger charge is -2.32. The highest BCUT2D eigenvalue weighted by Crippen LogP contribution is 2.44. The van der Waals surface area contributed by atoms with Crippen molar-refractivity contribution in [2.75, 3.05) is 12.4 Å². The lowest BCUT2D eigenvalue weighted by Crippen LogP contribution is -2.25. The molecular weight excluding hydrogens is 488 g/mol. The van der Waals surface area contributed by atoms with Crippen LogP contribution in [0.15, 0.2) is 6.07 Å². The van der Waals surface area contributed by atoms with Crippen molar-refractivity contribution in [3.8, 4) is 5.75 Å². The quantitative estimate of drug-likeness (QED) is 0.215. The Bertz CT molecular complexity index is 937. The van der Waals surface area contributed by atoms with Gasteiger partial charge in [-0.1, -0.05) is 94.1 Å². The summed E-state index contributed by atoms with van der Waals surface area (Å²) in [6, 6.07) is 1.89. The largest absolute Gasteiger partial charge is 0.507 e. The average Bonchev–Trinajstić information content (AvgIpc) is 2.73. The molecule has 0 radical (unpaired) electrons. The second kappa shape index (κ2) is 14.3. The molecule has 0 spiro atoms. The Hall–Kier alpha value is -1.89. The third-order valence-corrected chi connectivity index (χ3v) is 7.24. The fourth-order valence-corrected chi connectivity index (χ4v) is 5.16. The van der Waals surface area contributed by atoms with Crippen molar-refractivity contribution in [2.45, 2.75) is 125 Å². The highest BCUT2D eigenvalue weighted by molar-refractivity contribution is 7.81. The van der Waals surface area contributed by atoms with Gasteiger partial charge in [0.25, 0.3) is 0 Å². The Morgan fingerprint density at radius 1 is 1.00 bits per heavy atom. The van der Waals surface area contributed by atoms with Crippen molar-refractivity contribution < 1.29 is 27.8 Å². The van der Waals surface area contributed by atoms with Crippen LogP contribution in [0.1, 0.15) is 130 Å². The number of esters is 1. The van der Waals surface area contributed by atoms with Gasteiger partial charge in [-0.3, -0.25) is 9.59 Å². The summed E-state index contributed by atoms with van der Waals surface area (Å²) in [7, 11) is 0. The molecule has 1 rings (SSSR count). The van der Waals surface area contributed by atoms with E-state index in [0.717, 1.165) is 54.4 Å². The second-order valence-corrected chi connectivity index (χ2v) is 13.6. The monoisotopic (exact) mass is 538 g/mol. The summed E-state index contributed by atoms with van der Waals surface area (Å²) in [6.07, 6.45) is 5.48. The van der Waals surface area contributed by atoms with Crippen LogP contribution in [-0.2, 0) is 46.8 Å². The summed E-state index contributed by atoms with van der Waals surface area (Å²) in [5.74, 6) is -1.58. The molecule has 0 fully saturated rings. The maximum absolute atomic E-state index is 13.1. The molecule has 212 valence electrons. The van der Waals surface area contributed by atoms with E-state index in [0.29, 0.717) is 12.3 Å². The normalized spacial score (nSPS) is 13.9. The van der Waals surface area contributed by atoms with Crippen LogP contribution in [0, 0.1) is 5.92 Å². The Morgan fingerprint density at radius 3 is 2.14 bits per heavy atom. The molecule has 0 heterocycles. The van der Waals surface area contributed by atoms with E-state index in [1.165, 1.54) is 0 Å². The van der Waals surface area contributed by atoms with Crippen LogP contribution in [0.2, 0.25) is 0 Å². The molecular formula is C30H50O6S. The van der Waals surface area contributed by atoms with Gasteiger partial charge in [0.05, 0.1) is 12.5 Å². The molecule has 0 amide bonds. The molecule has 7 heteroatoms. The first-order valence-corrected chi connectivity index (χ1v) is 14.9. The first-order valence-electron chi connectivity index (χ1n) is 13.7. The number of hydrogen-bond acceptors (Lipinski definition) is 6. The van der Waals surface area contributed by atoms with Crippen molar-refractivity contribution in [1.29, 1.82) is 0 Å². The van der Waals surface area contributed by atoms with Gasteiger partial charge in [-0.2, -0.15) is 0 Å².